The zero-order chi connectivity index (χ0) is 18.8. The van der Waals surface area contributed by atoms with Crippen LogP contribution in [0.2, 0.25) is 0 Å². The number of fused-ring (bicyclic) bond motifs is 1. The minimum absolute atomic E-state index is 0.276. The Kier molecular flexibility index (Phi) is 4.90. The highest BCUT2D eigenvalue weighted by atomic mass is 32.2. The molecule has 5 nitrogen and oxygen atoms in total. The highest BCUT2D eigenvalue weighted by Gasteiger charge is 2.23. The molecule has 0 radical (unpaired) electrons. The summed E-state index contributed by atoms with van der Waals surface area (Å²) in [7, 11) is 0. The second kappa shape index (κ2) is 7.48. The van der Waals surface area contributed by atoms with E-state index in [-0.39, 0.29) is 5.56 Å². The van der Waals surface area contributed by atoms with Crippen LogP contribution in [0.5, 0.6) is 0 Å². The van der Waals surface area contributed by atoms with Gasteiger partial charge in [0.15, 0.2) is 0 Å². The van der Waals surface area contributed by atoms with Gasteiger partial charge in [-0.3, -0.25) is 0 Å². The summed E-state index contributed by atoms with van der Waals surface area (Å²) in [6.07, 6.45) is 5.30. The molecule has 2 heterocycles. The lowest BCUT2D eigenvalue weighted by atomic mass is 10.0. The summed E-state index contributed by atoms with van der Waals surface area (Å²) < 4.78 is 1.92. The summed E-state index contributed by atoms with van der Waals surface area (Å²) in [5, 5.41) is 17.6. The average molecular weight is 379 g/mol. The number of carbonyl (C=O) groups is 1. The summed E-state index contributed by atoms with van der Waals surface area (Å²) in [6.45, 7) is 0.912. The first kappa shape index (κ1) is 17.7. The molecule has 138 valence electrons. The Labute approximate surface area is 162 Å². The lowest BCUT2D eigenvalue weighted by Gasteiger charge is -2.09. The fourth-order valence-electron chi connectivity index (χ4n) is 3.49. The number of aromatic carboxylic acids is 1. The molecule has 0 unspecified atom stereocenters. The van der Waals surface area contributed by atoms with Crippen molar-refractivity contribution in [3.63, 3.8) is 0 Å². The fourth-order valence-corrected chi connectivity index (χ4v) is 4.09. The van der Waals surface area contributed by atoms with Gasteiger partial charge in [-0.1, -0.05) is 18.2 Å². The number of anilines is 1. The van der Waals surface area contributed by atoms with E-state index in [0.717, 1.165) is 48.6 Å². The maximum absolute atomic E-state index is 11.1. The van der Waals surface area contributed by atoms with Gasteiger partial charge in [0.05, 0.1) is 16.9 Å². The molecule has 4 rings (SSSR count). The molecule has 0 spiro atoms. The van der Waals surface area contributed by atoms with Gasteiger partial charge >= 0.3 is 5.97 Å². The predicted molar refractivity (Wildman–Crippen MR) is 109 cm³/mol. The molecule has 0 atom stereocenters. The number of nitrogens with one attached hydrogen (secondary N) is 1. The van der Waals surface area contributed by atoms with E-state index in [1.807, 2.05) is 28.9 Å². The highest BCUT2D eigenvalue weighted by Crippen LogP contribution is 2.37. The van der Waals surface area contributed by atoms with Crippen molar-refractivity contribution in [1.29, 1.82) is 0 Å². The van der Waals surface area contributed by atoms with Gasteiger partial charge in [0, 0.05) is 22.6 Å². The first-order valence-corrected chi connectivity index (χ1v) is 10.2. The molecule has 0 bridgehead atoms. The molecule has 1 aromatic heterocycles. The van der Waals surface area contributed by atoms with Crippen molar-refractivity contribution >= 4 is 23.5 Å². The summed E-state index contributed by atoms with van der Waals surface area (Å²) in [4.78, 5) is 12.4. The zero-order valence-electron chi connectivity index (χ0n) is 15.1. The van der Waals surface area contributed by atoms with Gasteiger partial charge in [0.1, 0.15) is 5.82 Å². The molecule has 0 aliphatic carbocycles. The Morgan fingerprint density at radius 1 is 1.15 bits per heavy atom. The van der Waals surface area contributed by atoms with Crippen molar-refractivity contribution in [3.05, 3.63) is 59.7 Å². The summed E-state index contributed by atoms with van der Waals surface area (Å²) >= 11 is 1.72. The summed E-state index contributed by atoms with van der Waals surface area (Å²) in [6, 6.07) is 15.2. The van der Waals surface area contributed by atoms with Gasteiger partial charge in [-0.15, -0.1) is 11.8 Å². The van der Waals surface area contributed by atoms with E-state index < -0.39 is 5.97 Å². The second-order valence-electron chi connectivity index (χ2n) is 6.52. The van der Waals surface area contributed by atoms with E-state index in [9.17, 15) is 4.79 Å². The van der Waals surface area contributed by atoms with E-state index in [1.165, 1.54) is 10.5 Å². The number of hydrogen-bond acceptors (Lipinski definition) is 4. The van der Waals surface area contributed by atoms with Gasteiger partial charge in [-0.25, -0.2) is 9.48 Å². The zero-order valence-corrected chi connectivity index (χ0v) is 15.9. The monoisotopic (exact) mass is 379 g/mol. The minimum Gasteiger partial charge on any atom is -0.478 e. The molecule has 2 aromatic carbocycles. The quantitative estimate of drug-likeness (QED) is 0.643. The van der Waals surface area contributed by atoms with Crippen LogP contribution >= 0.6 is 11.8 Å². The van der Waals surface area contributed by atoms with Crippen molar-refractivity contribution < 1.29 is 9.90 Å². The van der Waals surface area contributed by atoms with E-state index in [1.54, 1.807) is 23.9 Å². The molecule has 6 heteroatoms. The van der Waals surface area contributed by atoms with Crippen LogP contribution in [0.4, 0.5) is 5.82 Å². The van der Waals surface area contributed by atoms with Crippen LogP contribution in [-0.2, 0) is 6.42 Å². The normalized spacial score (nSPS) is 13.5. The van der Waals surface area contributed by atoms with Crippen molar-refractivity contribution in [2.75, 3.05) is 18.1 Å². The van der Waals surface area contributed by atoms with Gasteiger partial charge in [-0.2, -0.15) is 5.10 Å². The topological polar surface area (TPSA) is 67.2 Å². The highest BCUT2D eigenvalue weighted by molar-refractivity contribution is 7.98. The lowest BCUT2D eigenvalue weighted by Crippen LogP contribution is -2.07. The van der Waals surface area contributed by atoms with Crippen LogP contribution in [0.25, 0.3) is 16.9 Å². The van der Waals surface area contributed by atoms with Crippen LogP contribution in [-0.4, -0.2) is 33.7 Å². The molecular formula is C21H21N3O2S. The molecule has 0 saturated carbocycles. The SMILES string of the molecule is CSc1ccccc1-c1nn(-c2ccc(C(=O)O)cc2)c2c1CCCCN2. The summed E-state index contributed by atoms with van der Waals surface area (Å²) in [5.74, 6) is 0.0926. The van der Waals surface area contributed by atoms with E-state index >= 15 is 0 Å². The average Bonchev–Trinajstić information content (AvgIpc) is 2.88. The van der Waals surface area contributed by atoms with Crippen molar-refractivity contribution in [3.8, 4) is 16.9 Å². The maximum atomic E-state index is 11.1. The Bertz CT molecular complexity index is 980. The smallest absolute Gasteiger partial charge is 0.335 e. The standard InChI is InChI=1S/C21H21N3O2S/c1-27-18-8-3-2-6-16(18)19-17-7-4-5-13-22-20(17)24(23-19)15-11-9-14(10-12-15)21(25)26/h2-3,6,8-12,22H,4-5,7,13H2,1H3,(H,25,26). The van der Waals surface area contributed by atoms with Crippen LogP contribution in [0.15, 0.2) is 53.4 Å². The minimum atomic E-state index is -0.923. The number of aromatic nitrogens is 2. The molecule has 0 fully saturated rings. The Morgan fingerprint density at radius 3 is 2.67 bits per heavy atom. The summed E-state index contributed by atoms with van der Waals surface area (Å²) in [5.41, 5.74) is 4.52. The molecule has 27 heavy (non-hydrogen) atoms. The number of carboxylic acid groups (broad SMARTS) is 1. The van der Waals surface area contributed by atoms with Crippen molar-refractivity contribution in [2.24, 2.45) is 0 Å². The van der Waals surface area contributed by atoms with E-state index in [0.29, 0.717) is 0 Å². The number of nitrogens with zero attached hydrogens (tertiary/aromatic N) is 2. The molecular weight excluding hydrogens is 358 g/mol. The maximum Gasteiger partial charge on any atom is 0.335 e. The number of hydrogen-bond donors (Lipinski definition) is 2. The van der Waals surface area contributed by atoms with Crippen LogP contribution < -0.4 is 5.32 Å². The van der Waals surface area contributed by atoms with Crippen molar-refractivity contribution in [1.82, 2.24) is 9.78 Å². The lowest BCUT2D eigenvalue weighted by molar-refractivity contribution is 0.0697. The van der Waals surface area contributed by atoms with Crippen LogP contribution in [0.3, 0.4) is 0 Å². The third kappa shape index (κ3) is 3.32. The Balaban J connectivity index is 1.88. The van der Waals surface area contributed by atoms with Gasteiger partial charge in [0.25, 0.3) is 0 Å². The van der Waals surface area contributed by atoms with E-state index in [4.69, 9.17) is 10.2 Å². The molecule has 1 aliphatic rings. The van der Waals surface area contributed by atoms with Gasteiger partial charge < -0.3 is 10.4 Å². The number of benzene rings is 2. The molecule has 0 amide bonds. The predicted octanol–water partition coefficient (Wildman–Crippen LogP) is 4.71. The molecule has 1 aliphatic heterocycles. The number of rotatable bonds is 4. The third-order valence-electron chi connectivity index (χ3n) is 4.85. The molecule has 2 N–H and O–H groups in total. The first-order chi connectivity index (χ1) is 13.2. The second-order valence-corrected chi connectivity index (χ2v) is 7.37. The molecule has 0 saturated heterocycles. The van der Waals surface area contributed by atoms with Gasteiger partial charge in [-0.05, 0) is 55.9 Å². The molecule has 3 aromatic rings. The number of thioether (sulfide) groups is 1. The largest absolute Gasteiger partial charge is 0.478 e. The number of carboxylic acids is 1. The van der Waals surface area contributed by atoms with Crippen LogP contribution in [0, 0.1) is 0 Å². The van der Waals surface area contributed by atoms with Crippen molar-refractivity contribution in [2.45, 2.75) is 24.2 Å². The Hall–Kier alpha value is -2.73. The first-order valence-electron chi connectivity index (χ1n) is 9.02. The third-order valence-corrected chi connectivity index (χ3v) is 5.65. The van der Waals surface area contributed by atoms with Gasteiger partial charge in [0.2, 0.25) is 0 Å². The fraction of sp³-hybridized carbons (Fsp3) is 0.238. The Morgan fingerprint density at radius 2 is 1.93 bits per heavy atom. The van der Waals surface area contributed by atoms with Crippen LogP contribution in [0.1, 0.15) is 28.8 Å². The van der Waals surface area contributed by atoms with E-state index in [2.05, 4.69) is 23.7 Å².